The van der Waals surface area contributed by atoms with Gasteiger partial charge in [-0.2, -0.15) is 4.98 Å². The lowest BCUT2D eigenvalue weighted by Gasteiger charge is -2.29. The van der Waals surface area contributed by atoms with Crippen molar-refractivity contribution in [2.75, 3.05) is 62.3 Å². The standard InChI is InChI=1S/C23H27ClN5O3P/c1-31-18-13-16(12-17(14-18)29-8-10-32-11-9-29)26-23-25-15-19(24)22(28-23)27-20-6-4-5-7-21(20)33(2,3)30/h4-7,12-15H,8-11H2,1-3H3,(H2,25,26,27,28). The number of nitrogens with zero attached hydrogens (tertiary/aromatic N) is 3. The van der Waals surface area contributed by atoms with Gasteiger partial charge in [-0.3, -0.25) is 0 Å². The van der Waals surface area contributed by atoms with Crippen molar-refractivity contribution in [2.24, 2.45) is 0 Å². The second-order valence-corrected chi connectivity index (χ2v) is 11.6. The summed E-state index contributed by atoms with van der Waals surface area (Å²) < 4.78 is 23.7. The highest BCUT2D eigenvalue weighted by molar-refractivity contribution is 7.70. The van der Waals surface area contributed by atoms with Gasteiger partial charge in [0, 0.05) is 41.9 Å². The first-order chi connectivity index (χ1) is 15.8. The second kappa shape index (κ2) is 10.00. The quantitative estimate of drug-likeness (QED) is 0.463. The molecule has 1 saturated heterocycles. The van der Waals surface area contributed by atoms with E-state index in [0.29, 0.717) is 35.7 Å². The lowest BCUT2D eigenvalue weighted by atomic mass is 10.2. The van der Waals surface area contributed by atoms with Crippen molar-refractivity contribution in [2.45, 2.75) is 0 Å². The van der Waals surface area contributed by atoms with Crippen LogP contribution in [0, 0.1) is 0 Å². The molecule has 4 rings (SSSR count). The maximum absolute atomic E-state index is 12.7. The predicted molar refractivity (Wildman–Crippen MR) is 135 cm³/mol. The normalized spacial score (nSPS) is 14.1. The molecule has 0 radical (unpaired) electrons. The Morgan fingerprint density at radius 1 is 1.12 bits per heavy atom. The number of ether oxygens (including phenoxy) is 2. The molecule has 10 heteroatoms. The van der Waals surface area contributed by atoms with Gasteiger partial charge in [0.25, 0.3) is 0 Å². The number of morpholine rings is 1. The Kier molecular flexibility index (Phi) is 7.08. The topological polar surface area (TPSA) is 88.6 Å². The molecular weight excluding hydrogens is 461 g/mol. The number of rotatable bonds is 7. The Morgan fingerprint density at radius 3 is 2.61 bits per heavy atom. The molecule has 0 aliphatic carbocycles. The van der Waals surface area contributed by atoms with Crippen LogP contribution in [0.2, 0.25) is 5.02 Å². The monoisotopic (exact) mass is 487 g/mol. The molecule has 0 atom stereocenters. The number of nitrogens with one attached hydrogen (secondary N) is 2. The van der Waals surface area contributed by atoms with E-state index in [4.69, 9.17) is 21.1 Å². The molecule has 0 spiro atoms. The van der Waals surface area contributed by atoms with Crippen molar-refractivity contribution in [1.29, 1.82) is 0 Å². The average Bonchev–Trinajstić information content (AvgIpc) is 2.81. The van der Waals surface area contributed by atoms with Crippen LogP contribution in [0.25, 0.3) is 0 Å². The molecule has 1 fully saturated rings. The molecule has 0 amide bonds. The van der Waals surface area contributed by atoms with Crippen molar-refractivity contribution in [3.63, 3.8) is 0 Å². The van der Waals surface area contributed by atoms with Gasteiger partial charge in [-0.05, 0) is 31.5 Å². The number of halogens is 1. The van der Waals surface area contributed by atoms with Crippen LogP contribution in [0.4, 0.5) is 28.8 Å². The SMILES string of the molecule is COc1cc(Nc2ncc(Cl)c(Nc3ccccc3P(C)(C)=O)n2)cc(N2CCOCC2)c1. The molecule has 1 aliphatic rings. The van der Waals surface area contributed by atoms with Crippen LogP contribution < -0.4 is 25.6 Å². The lowest BCUT2D eigenvalue weighted by Crippen LogP contribution is -2.36. The summed E-state index contributed by atoms with van der Waals surface area (Å²) in [7, 11) is -0.855. The highest BCUT2D eigenvalue weighted by Crippen LogP contribution is 2.38. The summed E-state index contributed by atoms with van der Waals surface area (Å²) >= 11 is 6.37. The number of para-hydroxylation sites is 1. The molecular formula is C23H27ClN5O3P. The molecule has 1 aliphatic heterocycles. The van der Waals surface area contributed by atoms with Gasteiger partial charge in [-0.25, -0.2) is 4.98 Å². The zero-order valence-corrected chi connectivity index (χ0v) is 20.5. The van der Waals surface area contributed by atoms with Gasteiger partial charge < -0.3 is 29.6 Å². The Bertz CT molecular complexity index is 1180. The number of methoxy groups -OCH3 is 1. The van der Waals surface area contributed by atoms with Gasteiger partial charge in [0.15, 0.2) is 5.82 Å². The van der Waals surface area contributed by atoms with Crippen LogP contribution in [0.3, 0.4) is 0 Å². The molecule has 2 N–H and O–H groups in total. The minimum atomic E-state index is -2.49. The largest absolute Gasteiger partial charge is 0.497 e. The lowest BCUT2D eigenvalue weighted by molar-refractivity contribution is 0.122. The van der Waals surface area contributed by atoms with Crippen molar-refractivity contribution in [3.8, 4) is 5.75 Å². The van der Waals surface area contributed by atoms with Crippen molar-refractivity contribution >= 4 is 52.9 Å². The third-order valence-electron chi connectivity index (χ3n) is 5.24. The third kappa shape index (κ3) is 5.77. The fourth-order valence-electron chi connectivity index (χ4n) is 3.60. The number of hydrogen-bond donors (Lipinski definition) is 2. The number of aromatic nitrogens is 2. The summed E-state index contributed by atoms with van der Waals surface area (Å²) in [6.07, 6.45) is 1.53. The van der Waals surface area contributed by atoms with E-state index in [1.54, 1.807) is 20.4 Å². The van der Waals surface area contributed by atoms with Crippen LogP contribution in [0.5, 0.6) is 5.75 Å². The molecule has 2 heterocycles. The van der Waals surface area contributed by atoms with Gasteiger partial charge >= 0.3 is 0 Å². The molecule has 2 aromatic carbocycles. The minimum Gasteiger partial charge on any atom is -0.497 e. The summed E-state index contributed by atoms with van der Waals surface area (Å²) in [5.74, 6) is 1.52. The molecule has 0 saturated carbocycles. The van der Waals surface area contributed by atoms with Crippen LogP contribution >= 0.6 is 18.7 Å². The number of anilines is 5. The van der Waals surface area contributed by atoms with Crippen molar-refractivity contribution in [3.05, 3.63) is 53.7 Å². The van der Waals surface area contributed by atoms with Crippen molar-refractivity contribution < 1.29 is 14.0 Å². The van der Waals surface area contributed by atoms with E-state index in [-0.39, 0.29) is 0 Å². The van der Waals surface area contributed by atoms with Gasteiger partial charge in [0.05, 0.1) is 32.2 Å². The Hall–Kier alpha value is -2.80. The molecule has 0 bridgehead atoms. The van der Waals surface area contributed by atoms with E-state index in [1.807, 2.05) is 42.5 Å². The summed E-state index contributed by atoms with van der Waals surface area (Å²) in [4.78, 5) is 11.1. The second-order valence-electron chi connectivity index (χ2n) is 8.03. The Labute approximate surface area is 198 Å². The molecule has 1 aromatic heterocycles. The van der Waals surface area contributed by atoms with E-state index >= 15 is 0 Å². The summed E-state index contributed by atoms with van der Waals surface area (Å²) in [5.41, 5.74) is 2.52. The van der Waals surface area contributed by atoms with Crippen LogP contribution in [-0.2, 0) is 9.30 Å². The van der Waals surface area contributed by atoms with Crippen LogP contribution in [0.15, 0.2) is 48.7 Å². The van der Waals surface area contributed by atoms with E-state index in [9.17, 15) is 4.57 Å². The maximum atomic E-state index is 12.7. The first-order valence-corrected chi connectivity index (χ1v) is 13.5. The predicted octanol–water partition coefficient (Wildman–Crippen LogP) is 4.71. The van der Waals surface area contributed by atoms with Crippen LogP contribution in [0.1, 0.15) is 0 Å². The average molecular weight is 488 g/mol. The molecule has 33 heavy (non-hydrogen) atoms. The fourth-order valence-corrected chi connectivity index (χ4v) is 4.89. The van der Waals surface area contributed by atoms with E-state index < -0.39 is 7.14 Å². The van der Waals surface area contributed by atoms with Gasteiger partial charge in [0.2, 0.25) is 5.95 Å². The van der Waals surface area contributed by atoms with Gasteiger partial charge in [-0.15, -0.1) is 0 Å². The fraction of sp³-hybridized carbons (Fsp3) is 0.304. The zero-order chi connectivity index (χ0) is 23.4. The van der Waals surface area contributed by atoms with Gasteiger partial charge in [0.1, 0.15) is 17.9 Å². The van der Waals surface area contributed by atoms with Crippen molar-refractivity contribution in [1.82, 2.24) is 9.97 Å². The number of benzene rings is 2. The first kappa shape index (κ1) is 23.4. The number of hydrogen-bond acceptors (Lipinski definition) is 8. The third-order valence-corrected chi connectivity index (χ3v) is 7.07. The van der Waals surface area contributed by atoms with E-state index in [0.717, 1.165) is 35.5 Å². The summed E-state index contributed by atoms with van der Waals surface area (Å²) in [6.45, 7) is 6.48. The van der Waals surface area contributed by atoms with Crippen LogP contribution in [-0.4, -0.2) is 56.7 Å². The highest BCUT2D eigenvalue weighted by Gasteiger charge is 2.18. The molecule has 3 aromatic rings. The van der Waals surface area contributed by atoms with E-state index in [2.05, 4.69) is 25.5 Å². The van der Waals surface area contributed by atoms with E-state index in [1.165, 1.54) is 6.20 Å². The molecule has 174 valence electrons. The first-order valence-electron chi connectivity index (χ1n) is 10.6. The van der Waals surface area contributed by atoms with Gasteiger partial charge in [-0.1, -0.05) is 23.7 Å². The summed E-state index contributed by atoms with van der Waals surface area (Å²) in [6, 6.07) is 13.4. The Balaban J connectivity index is 1.61. The Morgan fingerprint density at radius 2 is 1.88 bits per heavy atom. The molecule has 0 unspecified atom stereocenters. The smallest absolute Gasteiger partial charge is 0.229 e. The maximum Gasteiger partial charge on any atom is 0.229 e. The molecule has 8 nitrogen and oxygen atoms in total. The highest BCUT2D eigenvalue weighted by atomic mass is 35.5. The summed E-state index contributed by atoms with van der Waals surface area (Å²) in [5, 5.41) is 7.55. The zero-order valence-electron chi connectivity index (χ0n) is 18.8. The minimum absolute atomic E-state index is 0.358.